The second-order valence-electron chi connectivity index (χ2n) is 2.83. The van der Waals surface area contributed by atoms with Gasteiger partial charge in [0.15, 0.2) is 6.10 Å². The van der Waals surface area contributed by atoms with Crippen LogP contribution in [0.4, 0.5) is 0 Å². The van der Waals surface area contributed by atoms with E-state index in [-0.39, 0.29) is 0 Å². The Labute approximate surface area is 60.0 Å². The maximum atomic E-state index is 10.4. The van der Waals surface area contributed by atoms with E-state index in [1.165, 1.54) is 0 Å². The highest BCUT2D eigenvalue weighted by Gasteiger charge is 2.24. The molecule has 3 nitrogen and oxygen atoms in total. The zero-order valence-corrected chi connectivity index (χ0v) is 6.04. The number of ether oxygens (including phenoxy) is 1. The van der Waals surface area contributed by atoms with Crippen LogP contribution in [-0.4, -0.2) is 23.8 Å². The van der Waals surface area contributed by atoms with E-state index in [1.54, 1.807) is 0 Å². The lowest BCUT2D eigenvalue weighted by atomic mass is 9.98. The molecule has 1 fully saturated rings. The normalized spacial score (nSPS) is 33.7. The fourth-order valence-electron chi connectivity index (χ4n) is 1.13. The zero-order valence-electron chi connectivity index (χ0n) is 6.04. The van der Waals surface area contributed by atoms with Crippen molar-refractivity contribution >= 4 is 5.97 Å². The van der Waals surface area contributed by atoms with Gasteiger partial charge >= 0.3 is 5.97 Å². The molecule has 0 amide bonds. The third-order valence-corrected chi connectivity index (χ3v) is 1.82. The third-order valence-electron chi connectivity index (χ3n) is 1.82. The summed E-state index contributed by atoms with van der Waals surface area (Å²) in [5.74, 6) is -0.332. The number of carboxylic acids is 1. The molecule has 0 aromatic rings. The molecule has 10 heavy (non-hydrogen) atoms. The number of carbonyl (C=O) groups is 1. The molecule has 0 spiro atoms. The van der Waals surface area contributed by atoms with Crippen LogP contribution in [0.3, 0.4) is 0 Å². The lowest BCUT2D eigenvalue weighted by Crippen LogP contribution is -2.31. The Morgan fingerprint density at radius 1 is 1.70 bits per heavy atom. The highest BCUT2D eigenvalue weighted by molar-refractivity contribution is 5.72. The first-order valence-corrected chi connectivity index (χ1v) is 3.54. The summed E-state index contributed by atoms with van der Waals surface area (Å²) >= 11 is 0. The molecule has 0 aromatic carbocycles. The minimum Gasteiger partial charge on any atom is -0.479 e. The van der Waals surface area contributed by atoms with Gasteiger partial charge in [0.2, 0.25) is 0 Å². The fourth-order valence-corrected chi connectivity index (χ4v) is 1.13. The second kappa shape index (κ2) is 3.01. The van der Waals surface area contributed by atoms with E-state index in [2.05, 4.69) is 6.92 Å². The Kier molecular flexibility index (Phi) is 2.27. The largest absolute Gasteiger partial charge is 0.479 e. The number of rotatable bonds is 1. The SMILES string of the molecule is C[C@@H]1CCO[C@@H](C(=O)O)C1. The summed E-state index contributed by atoms with van der Waals surface area (Å²) in [6.07, 6.45) is 1.10. The topological polar surface area (TPSA) is 46.5 Å². The van der Waals surface area contributed by atoms with Gasteiger partial charge in [0.25, 0.3) is 0 Å². The van der Waals surface area contributed by atoms with Gasteiger partial charge in [0.1, 0.15) is 0 Å². The monoisotopic (exact) mass is 144 g/mol. The molecule has 1 N–H and O–H groups in total. The predicted molar refractivity (Wildman–Crippen MR) is 35.8 cm³/mol. The molecule has 0 radical (unpaired) electrons. The van der Waals surface area contributed by atoms with Gasteiger partial charge < -0.3 is 9.84 Å². The Morgan fingerprint density at radius 2 is 2.40 bits per heavy atom. The van der Waals surface area contributed by atoms with Gasteiger partial charge in [-0.05, 0) is 18.8 Å². The summed E-state index contributed by atoms with van der Waals surface area (Å²) in [4.78, 5) is 10.4. The van der Waals surface area contributed by atoms with E-state index in [4.69, 9.17) is 9.84 Å². The first-order chi connectivity index (χ1) is 4.70. The smallest absolute Gasteiger partial charge is 0.332 e. The van der Waals surface area contributed by atoms with Gasteiger partial charge in [-0.3, -0.25) is 0 Å². The molecular weight excluding hydrogens is 132 g/mol. The maximum absolute atomic E-state index is 10.4. The van der Waals surface area contributed by atoms with Gasteiger partial charge in [0, 0.05) is 6.61 Å². The highest BCUT2D eigenvalue weighted by atomic mass is 16.5. The third kappa shape index (κ3) is 1.70. The van der Waals surface area contributed by atoms with E-state index in [9.17, 15) is 4.79 Å². The molecule has 1 rings (SSSR count). The molecule has 1 aliphatic rings. The Hall–Kier alpha value is -0.570. The van der Waals surface area contributed by atoms with Gasteiger partial charge in [-0.1, -0.05) is 6.92 Å². The molecule has 3 heteroatoms. The van der Waals surface area contributed by atoms with Crippen molar-refractivity contribution in [3.05, 3.63) is 0 Å². The predicted octanol–water partition coefficient (Wildman–Crippen LogP) is 0.886. The first kappa shape index (κ1) is 7.54. The Bertz CT molecular complexity index is 133. The summed E-state index contributed by atoms with van der Waals surface area (Å²) in [6, 6.07) is 0. The van der Waals surface area contributed by atoms with Crippen LogP contribution in [0.2, 0.25) is 0 Å². The van der Waals surface area contributed by atoms with Crippen molar-refractivity contribution < 1.29 is 14.6 Å². The number of aliphatic carboxylic acids is 1. The number of carboxylic acid groups (broad SMARTS) is 1. The molecular formula is C7H12O3. The van der Waals surface area contributed by atoms with E-state index in [0.29, 0.717) is 18.9 Å². The van der Waals surface area contributed by atoms with Crippen LogP contribution in [0.25, 0.3) is 0 Å². The Balaban J connectivity index is 2.39. The van der Waals surface area contributed by atoms with Crippen molar-refractivity contribution in [2.45, 2.75) is 25.9 Å². The molecule has 0 aliphatic carbocycles. The van der Waals surface area contributed by atoms with Crippen molar-refractivity contribution in [2.75, 3.05) is 6.61 Å². The Morgan fingerprint density at radius 3 is 2.80 bits per heavy atom. The van der Waals surface area contributed by atoms with Crippen LogP contribution >= 0.6 is 0 Å². The molecule has 0 unspecified atom stereocenters. The van der Waals surface area contributed by atoms with Crippen molar-refractivity contribution in [3.63, 3.8) is 0 Å². The van der Waals surface area contributed by atoms with Crippen molar-refractivity contribution in [2.24, 2.45) is 5.92 Å². The van der Waals surface area contributed by atoms with E-state index in [1.807, 2.05) is 0 Å². The fraction of sp³-hybridized carbons (Fsp3) is 0.857. The standard InChI is InChI=1S/C7H12O3/c1-5-2-3-10-6(4-5)7(8)9/h5-6H,2-4H2,1H3,(H,8,9)/t5-,6-/m1/s1. The van der Waals surface area contributed by atoms with E-state index < -0.39 is 12.1 Å². The maximum Gasteiger partial charge on any atom is 0.332 e. The first-order valence-electron chi connectivity index (χ1n) is 3.54. The van der Waals surface area contributed by atoms with E-state index >= 15 is 0 Å². The molecule has 0 saturated carbocycles. The van der Waals surface area contributed by atoms with Crippen LogP contribution in [0, 0.1) is 5.92 Å². The molecule has 1 aliphatic heterocycles. The van der Waals surface area contributed by atoms with Crippen LogP contribution in [0.15, 0.2) is 0 Å². The van der Waals surface area contributed by atoms with E-state index in [0.717, 1.165) is 6.42 Å². The number of hydrogen-bond acceptors (Lipinski definition) is 2. The summed E-state index contributed by atoms with van der Waals surface area (Å²) in [5.41, 5.74) is 0. The molecule has 1 saturated heterocycles. The van der Waals surface area contributed by atoms with Crippen molar-refractivity contribution in [1.29, 1.82) is 0 Å². The quantitative estimate of drug-likeness (QED) is 0.594. The van der Waals surface area contributed by atoms with Crippen molar-refractivity contribution in [3.8, 4) is 0 Å². The van der Waals surface area contributed by atoms with Crippen molar-refractivity contribution in [1.82, 2.24) is 0 Å². The second-order valence-corrected chi connectivity index (χ2v) is 2.83. The summed E-state index contributed by atoms with van der Waals surface area (Å²) in [7, 11) is 0. The van der Waals surface area contributed by atoms with Crippen LogP contribution in [-0.2, 0) is 9.53 Å². The van der Waals surface area contributed by atoms with Crippen LogP contribution < -0.4 is 0 Å². The summed E-state index contributed by atoms with van der Waals surface area (Å²) in [5, 5.41) is 8.53. The number of hydrogen-bond donors (Lipinski definition) is 1. The average molecular weight is 144 g/mol. The molecule has 58 valence electrons. The van der Waals surface area contributed by atoms with Gasteiger partial charge in [-0.25, -0.2) is 4.79 Å². The average Bonchev–Trinajstić information content (AvgIpc) is 1.88. The lowest BCUT2D eigenvalue weighted by molar-refractivity contribution is -0.154. The molecule has 0 bridgehead atoms. The minimum absolute atomic E-state index is 0.495. The molecule has 0 aromatic heterocycles. The summed E-state index contributed by atoms with van der Waals surface area (Å²) < 4.78 is 5.01. The van der Waals surface area contributed by atoms with Gasteiger partial charge in [0.05, 0.1) is 0 Å². The lowest BCUT2D eigenvalue weighted by Gasteiger charge is -2.23. The van der Waals surface area contributed by atoms with Gasteiger partial charge in [-0.2, -0.15) is 0 Å². The van der Waals surface area contributed by atoms with Gasteiger partial charge in [-0.15, -0.1) is 0 Å². The zero-order chi connectivity index (χ0) is 7.56. The molecule has 1 heterocycles. The highest BCUT2D eigenvalue weighted by Crippen LogP contribution is 2.18. The summed E-state index contributed by atoms with van der Waals surface area (Å²) in [6.45, 7) is 2.65. The van der Waals surface area contributed by atoms with Crippen LogP contribution in [0.5, 0.6) is 0 Å². The van der Waals surface area contributed by atoms with Crippen LogP contribution in [0.1, 0.15) is 19.8 Å². The molecule has 2 atom stereocenters. The minimum atomic E-state index is -0.827.